The van der Waals surface area contributed by atoms with Crippen LogP contribution in [-0.4, -0.2) is 74.3 Å². The molecule has 1 amide bonds. The zero-order valence-electron chi connectivity index (χ0n) is 25.1. The number of aromatic nitrogens is 2. The number of hydrogen-bond donors (Lipinski definition) is 1. The molecular formula is C32H42ClN5O3S. The van der Waals surface area contributed by atoms with Crippen LogP contribution in [0, 0.1) is 0 Å². The quantitative estimate of drug-likeness (QED) is 0.101. The Morgan fingerprint density at radius 1 is 1.10 bits per heavy atom. The molecule has 10 heteroatoms. The molecule has 2 heterocycles. The standard InChI is InChI=1S/C32H42ClN5O3S/c1-23-9-5-6-16-38(23)17-8-15-34-31(39)26-11-7-10-25(19-26)22-42-32-35-29(33)21-30(36-32)37(2)18-14-24-12-13-27(40-3)28(20-24)41-4/h7,10-13,19-21,23H,5-6,8-9,14-18,22H2,1-4H3,(H,34,39). The Balaban J connectivity index is 1.28. The second-order valence-electron chi connectivity index (χ2n) is 10.7. The molecule has 0 spiro atoms. The first-order valence-electron chi connectivity index (χ1n) is 14.6. The molecule has 0 aliphatic carbocycles. The molecule has 0 saturated carbocycles. The van der Waals surface area contributed by atoms with E-state index in [-0.39, 0.29) is 5.91 Å². The number of amides is 1. The van der Waals surface area contributed by atoms with Crippen molar-refractivity contribution in [1.29, 1.82) is 0 Å². The molecule has 3 aromatic rings. The summed E-state index contributed by atoms with van der Waals surface area (Å²) in [6.07, 6.45) is 5.64. The van der Waals surface area contributed by atoms with Gasteiger partial charge in [-0.1, -0.05) is 48.0 Å². The summed E-state index contributed by atoms with van der Waals surface area (Å²) in [5.41, 5.74) is 2.83. The Morgan fingerprint density at radius 2 is 1.93 bits per heavy atom. The summed E-state index contributed by atoms with van der Waals surface area (Å²) in [5.74, 6) is 2.77. The van der Waals surface area contributed by atoms with E-state index in [0.717, 1.165) is 42.9 Å². The van der Waals surface area contributed by atoms with Gasteiger partial charge in [0.1, 0.15) is 11.0 Å². The van der Waals surface area contributed by atoms with E-state index in [9.17, 15) is 4.79 Å². The molecule has 1 aliphatic heterocycles. The predicted molar refractivity (Wildman–Crippen MR) is 171 cm³/mol. The number of likely N-dealkylation sites (tertiary alicyclic amines) is 1. The highest BCUT2D eigenvalue weighted by molar-refractivity contribution is 7.98. The molecule has 1 fully saturated rings. The minimum atomic E-state index is -0.0362. The van der Waals surface area contributed by atoms with E-state index in [2.05, 4.69) is 27.0 Å². The first-order valence-corrected chi connectivity index (χ1v) is 15.9. The third-order valence-corrected chi connectivity index (χ3v) is 8.75. The third-order valence-electron chi connectivity index (χ3n) is 7.64. The normalized spacial score (nSPS) is 15.3. The summed E-state index contributed by atoms with van der Waals surface area (Å²) in [6, 6.07) is 16.1. The maximum Gasteiger partial charge on any atom is 0.251 e. The van der Waals surface area contributed by atoms with Gasteiger partial charge in [-0.2, -0.15) is 0 Å². The van der Waals surface area contributed by atoms with Crippen molar-refractivity contribution < 1.29 is 14.3 Å². The molecule has 8 nitrogen and oxygen atoms in total. The summed E-state index contributed by atoms with van der Waals surface area (Å²) in [4.78, 5) is 26.5. The van der Waals surface area contributed by atoms with Gasteiger partial charge in [0.2, 0.25) is 0 Å². The molecule has 1 saturated heterocycles. The summed E-state index contributed by atoms with van der Waals surface area (Å²) in [6.45, 7) is 5.92. The average Bonchev–Trinajstić information content (AvgIpc) is 3.01. The highest BCUT2D eigenvalue weighted by Crippen LogP contribution is 2.28. The average molecular weight is 612 g/mol. The fraction of sp³-hybridized carbons (Fsp3) is 0.469. The number of piperidine rings is 1. The number of likely N-dealkylation sites (N-methyl/N-ethyl adjacent to an activating group) is 1. The van der Waals surface area contributed by atoms with Crippen LogP contribution in [0.25, 0.3) is 0 Å². The molecule has 226 valence electrons. The van der Waals surface area contributed by atoms with Gasteiger partial charge in [0.25, 0.3) is 5.91 Å². The Labute approximate surface area is 259 Å². The van der Waals surface area contributed by atoms with Crippen molar-refractivity contribution in [3.05, 3.63) is 70.4 Å². The van der Waals surface area contributed by atoms with E-state index in [0.29, 0.717) is 45.7 Å². The number of anilines is 1. The first kappa shape index (κ1) is 31.9. The molecule has 0 bridgehead atoms. The number of halogens is 1. The molecule has 4 rings (SSSR count). The number of thioether (sulfide) groups is 1. The van der Waals surface area contributed by atoms with Crippen molar-refractivity contribution in [3.8, 4) is 11.5 Å². The number of hydrogen-bond acceptors (Lipinski definition) is 8. The fourth-order valence-electron chi connectivity index (χ4n) is 5.12. The minimum Gasteiger partial charge on any atom is -0.493 e. The van der Waals surface area contributed by atoms with Crippen molar-refractivity contribution in [2.45, 2.75) is 56.0 Å². The Morgan fingerprint density at radius 3 is 2.71 bits per heavy atom. The van der Waals surface area contributed by atoms with Gasteiger partial charge in [0.15, 0.2) is 16.7 Å². The van der Waals surface area contributed by atoms with E-state index in [1.165, 1.54) is 37.6 Å². The smallest absolute Gasteiger partial charge is 0.251 e. The van der Waals surface area contributed by atoms with Crippen LogP contribution >= 0.6 is 23.4 Å². The molecule has 1 aromatic heterocycles. The van der Waals surface area contributed by atoms with Crippen LogP contribution in [0.1, 0.15) is 54.1 Å². The number of nitrogens with one attached hydrogen (secondary N) is 1. The lowest BCUT2D eigenvalue weighted by Gasteiger charge is -2.33. The van der Waals surface area contributed by atoms with E-state index in [1.807, 2.05) is 49.5 Å². The van der Waals surface area contributed by atoms with Crippen LogP contribution in [0.15, 0.2) is 53.7 Å². The summed E-state index contributed by atoms with van der Waals surface area (Å²) < 4.78 is 10.8. The zero-order valence-corrected chi connectivity index (χ0v) is 26.6. The predicted octanol–water partition coefficient (Wildman–Crippen LogP) is 6.11. The van der Waals surface area contributed by atoms with Crippen molar-refractivity contribution >= 4 is 35.1 Å². The van der Waals surface area contributed by atoms with Gasteiger partial charge in [0.05, 0.1) is 14.2 Å². The van der Waals surface area contributed by atoms with Crippen molar-refractivity contribution in [2.24, 2.45) is 0 Å². The topological polar surface area (TPSA) is 79.8 Å². The Hall–Kier alpha value is -3.01. The van der Waals surface area contributed by atoms with Crippen LogP contribution in [0.2, 0.25) is 5.15 Å². The summed E-state index contributed by atoms with van der Waals surface area (Å²) in [7, 11) is 5.26. The lowest BCUT2D eigenvalue weighted by Crippen LogP contribution is -2.39. The number of carbonyl (C=O) groups is 1. The molecule has 42 heavy (non-hydrogen) atoms. The zero-order chi connectivity index (χ0) is 29.9. The number of ether oxygens (including phenoxy) is 2. The maximum atomic E-state index is 12.8. The minimum absolute atomic E-state index is 0.0362. The maximum absolute atomic E-state index is 12.8. The second kappa shape index (κ2) is 16.0. The molecule has 1 atom stereocenters. The van der Waals surface area contributed by atoms with Crippen molar-refractivity contribution in [3.63, 3.8) is 0 Å². The monoisotopic (exact) mass is 611 g/mol. The van der Waals surface area contributed by atoms with Gasteiger partial charge in [-0.05, 0) is 74.5 Å². The number of benzene rings is 2. The summed E-state index contributed by atoms with van der Waals surface area (Å²) >= 11 is 7.87. The van der Waals surface area contributed by atoms with E-state index >= 15 is 0 Å². The third kappa shape index (κ3) is 9.24. The van der Waals surface area contributed by atoms with Gasteiger partial charge < -0.3 is 24.6 Å². The summed E-state index contributed by atoms with van der Waals surface area (Å²) in [5, 5.41) is 4.07. The lowest BCUT2D eigenvalue weighted by atomic mass is 10.0. The lowest BCUT2D eigenvalue weighted by molar-refractivity contribution is 0.0948. The van der Waals surface area contributed by atoms with Crippen molar-refractivity contribution in [2.75, 3.05) is 52.3 Å². The van der Waals surface area contributed by atoms with Crippen LogP contribution < -0.4 is 19.7 Å². The number of methoxy groups -OCH3 is 2. The first-order chi connectivity index (χ1) is 20.4. The molecular weight excluding hydrogens is 570 g/mol. The number of nitrogens with zero attached hydrogens (tertiary/aromatic N) is 4. The Bertz CT molecular complexity index is 1330. The molecule has 1 aliphatic rings. The largest absolute Gasteiger partial charge is 0.493 e. The van der Waals surface area contributed by atoms with E-state index < -0.39 is 0 Å². The molecule has 1 N–H and O–H groups in total. The van der Waals surface area contributed by atoms with Gasteiger partial charge >= 0.3 is 0 Å². The molecule has 2 aromatic carbocycles. The van der Waals surface area contributed by atoms with Crippen LogP contribution in [0.3, 0.4) is 0 Å². The van der Waals surface area contributed by atoms with E-state index in [1.54, 1.807) is 20.3 Å². The van der Waals surface area contributed by atoms with Gasteiger partial charge in [-0.25, -0.2) is 9.97 Å². The van der Waals surface area contributed by atoms with Crippen LogP contribution in [0.5, 0.6) is 11.5 Å². The molecule has 0 radical (unpaired) electrons. The fourth-order valence-corrected chi connectivity index (χ4v) is 6.14. The van der Waals surface area contributed by atoms with Crippen LogP contribution in [0.4, 0.5) is 5.82 Å². The van der Waals surface area contributed by atoms with Gasteiger partial charge in [0, 0.05) is 50.1 Å². The number of rotatable bonds is 14. The highest BCUT2D eigenvalue weighted by Gasteiger charge is 2.17. The van der Waals surface area contributed by atoms with Gasteiger partial charge in [-0.15, -0.1) is 0 Å². The van der Waals surface area contributed by atoms with Gasteiger partial charge in [-0.3, -0.25) is 4.79 Å². The van der Waals surface area contributed by atoms with Crippen LogP contribution in [-0.2, 0) is 12.2 Å². The van der Waals surface area contributed by atoms with Crippen molar-refractivity contribution in [1.82, 2.24) is 20.2 Å². The second-order valence-corrected chi connectivity index (χ2v) is 12.0. The number of carbonyl (C=O) groups excluding carboxylic acids is 1. The highest BCUT2D eigenvalue weighted by atomic mass is 35.5. The SMILES string of the molecule is COc1ccc(CCN(C)c2cc(Cl)nc(SCc3cccc(C(=O)NCCCN4CCCCC4C)c3)n2)cc1OC. The Kier molecular flexibility index (Phi) is 12.2. The van der Waals surface area contributed by atoms with E-state index in [4.69, 9.17) is 26.1 Å². The molecule has 1 unspecified atom stereocenters.